The molecule has 2 atom stereocenters. The molecule has 0 aromatic carbocycles. The van der Waals surface area contributed by atoms with Crippen LogP contribution in [-0.2, 0) is 0 Å². The Bertz CT molecular complexity index is 345. The van der Waals surface area contributed by atoms with Gasteiger partial charge in [-0.05, 0) is 31.1 Å². The van der Waals surface area contributed by atoms with Gasteiger partial charge in [-0.3, -0.25) is 0 Å². The summed E-state index contributed by atoms with van der Waals surface area (Å²) in [5.41, 5.74) is 0. The van der Waals surface area contributed by atoms with Crippen molar-refractivity contribution in [1.29, 1.82) is 0 Å². The lowest BCUT2D eigenvalue weighted by Crippen LogP contribution is -2.11. The van der Waals surface area contributed by atoms with Crippen LogP contribution >= 0.6 is 0 Å². The van der Waals surface area contributed by atoms with Crippen molar-refractivity contribution in [2.45, 2.75) is 142 Å². The fraction of sp³-hybridized carbons (Fsp3) is 0.857. The molecule has 0 bridgehead atoms. The van der Waals surface area contributed by atoms with E-state index in [0.717, 1.165) is 37.5 Å². The Labute approximate surface area is 180 Å². The summed E-state index contributed by atoms with van der Waals surface area (Å²) < 4.78 is 0. The SMILES string of the molecule is [CH2]CCCCCCCC#CCCCC(CCCCCCCCC[CH2])C(C)CC. The standard InChI is InChI=1S/C28H52/c1-5-8-10-12-14-16-17-18-20-22-24-26-28(27(4)7-3)25-23-21-19-15-13-11-9-6-2/h27-28H,1-2,5-17,19,21-26H2,3-4H3. The van der Waals surface area contributed by atoms with Crippen molar-refractivity contribution in [3.05, 3.63) is 13.8 Å². The van der Waals surface area contributed by atoms with Crippen LogP contribution in [0.5, 0.6) is 0 Å². The molecule has 0 aliphatic heterocycles. The average molecular weight is 389 g/mol. The summed E-state index contributed by atoms with van der Waals surface area (Å²) >= 11 is 0. The van der Waals surface area contributed by atoms with Gasteiger partial charge in [-0.25, -0.2) is 0 Å². The zero-order valence-corrected chi connectivity index (χ0v) is 19.7. The molecule has 0 rings (SSSR count). The molecule has 0 amide bonds. The minimum absolute atomic E-state index is 0.878. The van der Waals surface area contributed by atoms with Gasteiger partial charge in [-0.15, -0.1) is 11.8 Å². The summed E-state index contributed by atoms with van der Waals surface area (Å²) in [7, 11) is 0. The van der Waals surface area contributed by atoms with Gasteiger partial charge in [0.15, 0.2) is 0 Å². The number of rotatable bonds is 20. The molecular weight excluding hydrogens is 336 g/mol. The highest BCUT2D eigenvalue weighted by Gasteiger charge is 2.14. The van der Waals surface area contributed by atoms with Crippen LogP contribution in [0, 0.1) is 37.5 Å². The Morgan fingerprint density at radius 2 is 1.00 bits per heavy atom. The molecule has 0 saturated heterocycles. The number of hydrogen-bond acceptors (Lipinski definition) is 0. The van der Waals surface area contributed by atoms with Crippen LogP contribution in [0.2, 0.25) is 0 Å². The van der Waals surface area contributed by atoms with Gasteiger partial charge < -0.3 is 0 Å². The minimum atomic E-state index is 0.878. The molecule has 164 valence electrons. The lowest BCUT2D eigenvalue weighted by Gasteiger charge is -2.22. The van der Waals surface area contributed by atoms with E-state index in [1.165, 1.54) is 103 Å². The maximum absolute atomic E-state index is 3.93. The third-order valence-corrected chi connectivity index (χ3v) is 6.33. The van der Waals surface area contributed by atoms with E-state index in [9.17, 15) is 0 Å². The second-order valence-electron chi connectivity index (χ2n) is 8.88. The lowest BCUT2D eigenvalue weighted by atomic mass is 9.83. The minimum Gasteiger partial charge on any atom is -0.103 e. The Morgan fingerprint density at radius 1 is 0.571 bits per heavy atom. The van der Waals surface area contributed by atoms with Gasteiger partial charge in [-0.1, -0.05) is 124 Å². The first-order valence-electron chi connectivity index (χ1n) is 12.8. The summed E-state index contributed by atoms with van der Waals surface area (Å²) in [4.78, 5) is 0. The van der Waals surface area contributed by atoms with E-state index in [2.05, 4.69) is 39.5 Å². The van der Waals surface area contributed by atoms with Crippen molar-refractivity contribution >= 4 is 0 Å². The third-order valence-electron chi connectivity index (χ3n) is 6.33. The summed E-state index contributed by atoms with van der Waals surface area (Å²) in [6.45, 7) is 12.7. The first-order valence-corrected chi connectivity index (χ1v) is 12.8. The summed E-state index contributed by atoms with van der Waals surface area (Å²) in [5.74, 6) is 8.64. The summed E-state index contributed by atoms with van der Waals surface area (Å²) in [6.07, 6.45) is 26.4. The van der Waals surface area contributed by atoms with Crippen molar-refractivity contribution in [2.75, 3.05) is 0 Å². The first-order chi connectivity index (χ1) is 13.8. The highest BCUT2D eigenvalue weighted by molar-refractivity contribution is 4.98. The highest BCUT2D eigenvalue weighted by Crippen LogP contribution is 2.27. The molecule has 0 aliphatic rings. The smallest absolute Gasteiger partial charge is 0.00887 e. The number of unbranched alkanes of at least 4 members (excludes halogenated alkanes) is 14. The summed E-state index contributed by atoms with van der Waals surface area (Å²) in [6, 6.07) is 0. The zero-order valence-electron chi connectivity index (χ0n) is 19.7. The molecular formula is C28H52. The van der Waals surface area contributed by atoms with Crippen LogP contribution in [0.15, 0.2) is 0 Å². The van der Waals surface area contributed by atoms with Gasteiger partial charge in [-0.2, -0.15) is 0 Å². The van der Waals surface area contributed by atoms with Gasteiger partial charge >= 0.3 is 0 Å². The fourth-order valence-electron chi connectivity index (χ4n) is 4.06. The quantitative estimate of drug-likeness (QED) is 0.144. The van der Waals surface area contributed by atoms with Gasteiger partial charge in [0.2, 0.25) is 0 Å². The average Bonchev–Trinajstić information content (AvgIpc) is 2.71. The Hall–Kier alpha value is -0.440. The van der Waals surface area contributed by atoms with Crippen LogP contribution in [0.4, 0.5) is 0 Å². The number of hydrogen-bond donors (Lipinski definition) is 0. The molecule has 0 heterocycles. The molecule has 0 aromatic rings. The Kier molecular flexibility index (Phi) is 22.5. The van der Waals surface area contributed by atoms with Gasteiger partial charge in [0.05, 0.1) is 0 Å². The van der Waals surface area contributed by atoms with E-state index < -0.39 is 0 Å². The first kappa shape index (κ1) is 27.6. The van der Waals surface area contributed by atoms with Crippen molar-refractivity contribution in [1.82, 2.24) is 0 Å². The van der Waals surface area contributed by atoms with Crippen molar-refractivity contribution < 1.29 is 0 Å². The van der Waals surface area contributed by atoms with Gasteiger partial charge in [0, 0.05) is 12.8 Å². The molecule has 0 fully saturated rings. The van der Waals surface area contributed by atoms with Crippen molar-refractivity contribution in [3.63, 3.8) is 0 Å². The molecule has 0 aromatic heterocycles. The summed E-state index contributed by atoms with van der Waals surface area (Å²) in [5, 5.41) is 0. The van der Waals surface area contributed by atoms with Gasteiger partial charge in [0.25, 0.3) is 0 Å². The topological polar surface area (TPSA) is 0 Å². The van der Waals surface area contributed by atoms with Crippen molar-refractivity contribution in [2.24, 2.45) is 11.8 Å². The maximum Gasteiger partial charge on any atom is 0.00887 e. The second kappa shape index (κ2) is 22.8. The molecule has 0 spiro atoms. The fourth-order valence-corrected chi connectivity index (χ4v) is 4.06. The van der Waals surface area contributed by atoms with Crippen LogP contribution in [-0.4, -0.2) is 0 Å². The Morgan fingerprint density at radius 3 is 1.54 bits per heavy atom. The highest BCUT2D eigenvalue weighted by atomic mass is 14.2. The molecule has 2 unspecified atom stereocenters. The molecule has 0 saturated carbocycles. The van der Waals surface area contributed by atoms with Crippen LogP contribution < -0.4 is 0 Å². The second-order valence-corrected chi connectivity index (χ2v) is 8.88. The van der Waals surface area contributed by atoms with E-state index in [1.54, 1.807) is 0 Å². The molecule has 0 nitrogen and oxygen atoms in total. The maximum atomic E-state index is 3.93. The van der Waals surface area contributed by atoms with E-state index in [0.29, 0.717) is 0 Å². The van der Waals surface area contributed by atoms with Crippen molar-refractivity contribution in [3.8, 4) is 11.8 Å². The zero-order chi connectivity index (χ0) is 20.7. The normalized spacial score (nSPS) is 13.1. The lowest BCUT2D eigenvalue weighted by molar-refractivity contribution is 0.292. The van der Waals surface area contributed by atoms with E-state index >= 15 is 0 Å². The largest absolute Gasteiger partial charge is 0.103 e. The van der Waals surface area contributed by atoms with Crippen LogP contribution in [0.25, 0.3) is 0 Å². The molecule has 0 N–H and O–H groups in total. The van der Waals surface area contributed by atoms with E-state index in [4.69, 9.17) is 0 Å². The van der Waals surface area contributed by atoms with Crippen LogP contribution in [0.1, 0.15) is 142 Å². The molecule has 0 aliphatic carbocycles. The predicted molar refractivity (Wildman–Crippen MR) is 129 cm³/mol. The van der Waals surface area contributed by atoms with Gasteiger partial charge in [0.1, 0.15) is 0 Å². The predicted octanol–water partition coefficient (Wildman–Crippen LogP) is 9.73. The van der Waals surface area contributed by atoms with E-state index in [1.807, 2.05) is 0 Å². The van der Waals surface area contributed by atoms with Crippen LogP contribution in [0.3, 0.4) is 0 Å². The molecule has 28 heavy (non-hydrogen) atoms. The monoisotopic (exact) mass is 388 g/mol. The Balaban J connectivity index is 3.72. The molecule has 0 heteroatoms. The molecule has 2 radical (unpaired) electrons. The van der Waals surface area contributed by atoms with E-state index in [-0.39, 0.29) is 0 Å². The third kappa shape index (κ3) is 18.9.